The number of halogens is 1. The summed E-state index contributed by atoms with van der Waals surface area (Å²) < 4.78 is 10.0. The van der Waals surface area contributed by atoms with Gasteiger partial charge in [-0.15, -0.1) is 0 Å². The zero-order valence-corrected chi connectivity index (χ0v) is 10.6. The molecule has 0 atom stereocenters. The van der Waals surface area contributed by atoms with Crippen LogP contribution in [0.15, 0.2) is 34.9 Å². The number of aromatic nitrogens is 1. The number of esters is 1. The zero-order chi connectivity index (χ0) is 13.0. The van der Waals surface area contributed by atoms with E-state index in [0.29, 0.717) is 23.2 Å². The minimum atomic E-state index is -0.345. The number of nitrogens with zero attached hydrogens (tertiary/aromatic N) is 1. The normalized spacial score (nSPS) is 10.3. The molecule has 0 aliphatic carbocycles. The highest BCUT2D eigenvalue weighted by Crippen LogP contribution is 2.21. The lowest BCUT2D eigenvalue weighted by Crippen LogP contribution is -2.07. The average molecular weight is 266 g/mol. The standard InChI is InChI=1S/C13H12ClNO3/c1-2-17-13(16)7-12-15-11(8-18-12)9-3-5-10(14)6-4-9/h3-6,8H,2,7H2,1H3. The van der Waals surface area contributed by atoms with Crippen molar-refractivity contribution in [2.24, 2.45) is 0 Å². The summed E-state index contributed by atoms with van der Waals surface area (Å²) in [6.07, 6.45) is 1.55. The van der Waals surface area contributed by atoms with Crippen LogP contribution in [0.3, 0.4) is 0 Å². The number of rotatable bonds is 4. The molecule has 0 aliphatic heterocycles. The minimum absolute atomic E-state index is 0.0431. The summed E-state index contributed by atoms with van der Waals surface area (Å²) >= 11 is 5.80. The van der Waals surface area contributed by atoms with Crippen LogP contribution in [0, 0.1) is 0 Å². The van der Waals surface area contributed by atoms with Crippen molar-refractivity contribution < 1.29 is 13.9 Å². The van der Waals surface area contributed by atoms with E-state index in [1.165, 1.54) is 6.26 Å². The fourth-order valence-corrected chi connectivity index (χ4v) is 1.61. The number of hydrogen-bond acceptors (Lipinski definition) is 4. The van der Waals surface area contributed by atoms with E-state index in [0.717, 1.165) is 5.56 Å². The van der Waals surface area contributed by atoms with E-state index in [1.807, 2.05) is 12.1 Å². The van der Waals surface area contributed by atoms with Gasteiger partial charge in [0.25, 0.3) is 0 Å². The summed E-state index contributed by atoms with van der Waals surface area (Å²) in [5.74, 6) is 0.000376. The second-order valence-electron chi connectivity index (χ2n) is 3.62. The van der Waals surface area contributed by atoms with Gasteiger partial charge in [0.15, 0.2) is 0 Å². The lowest BCUT2D eigenvalue weighted by Gasteiger charge is -1.97. The van der Waals surface area contributed by atoms with Crippen molar-refractivity contribution in [3.63, 3.8) is 0 Å². The highest BCUT2D eigenvalue weighted by Gasteiger charge is 2.11. The first kappa shape index (κ1) is 12.6. The van der Waals surface area contributed by atoms with Crippen LogP contribution in [0.5, 0.6) is 0 Å². The minimum Gasteiger partial charge on any atom is -0.466 e. The first-order valence-electron chi connectivity index (χ1n) is 5.55. The van der Waals surface area contributed by atoms with Gasteiger partial charge in [0.1, 0.15) is 18.4 Å². The second-order valence-corrected chi connectivity index (χ2v) is 4.05. The van der Waals surface area contributed by atoms with Crippen LogP contribution < -0.4 is 0 Å². The fraction of sp³-hybridized carbons (Fsp3) is 0.231. The molecule has 0 aliphatic rings. The van der Waals surface area contributed by atoms with Crippen molar-refractivity contribution in [3.05, 3.63) is 41.4 Å². The molecular weight excluding hydrogens is 254 g/mol. The molecule has 5 heteroatoms. The Morgan fingerprint density at radius 2 is 2.11 bits per heavy atom. The first-order valence-corrected chi connectivity index (χ1v) is 5.93. The topological polar surface area (TPSA) is 52.3 Å². The molecule has 0 saturated heterocycles. The zero-order valence-electron chi connectivity index (χ0n) is 9.85. The SMILES string of the molecule is CCOC(=O)Cc1nc(-c2ccc(Cl)cc2)co1. The molecular formula is C13H12ClNO3. The van der Waals surface area contributed by atoms with E-state index in [2.05, 4.69) is 4.98 Å². The molecule has 0 amide bonds. The molecule has 0 unspecified atom stereocenters. The molecule has 0 fully saturated rings. The molecule has 4 nitrogen and oxygen atoms in total. The summed E-state index contributed by atoms with van der Waals surface area (Å²) in [6.45, 7) is 2.11. The van der Waals surface area contributed by atoms with Gasteiger partial charge in [0.2, 0.25) is 5.89 Å². The predicted octanol–water partition coefficient (Wildman–Crippen LogP) is 3.10. The van der Waals surface area contributed by atoms with E-state index in [4.69, 9.17) is 20.8 Å². The lowest BCUT2D eigenvalue weighted by atomic mass is 10.2. The summed E-state index contributed by atoms with van der Waals surface area (Å²) in [5, 5.41) is 0.661. The first-order chi connectivity index (χ1) is 8.69. The molecule has 1 aromatic heterocycles. The summed E-state index contributed by atoms with van der Waals surface area (Å²) in [5.41, 5.74) is 1.56. The smallest absolute Gasteiger partial charge is 0.315 e. The summed E-state index contributed by atoms with van der Waals surface area (Å²) in [6, 6.07) is 7.23. The number of carbonyl (C=O) groups excluding carboxylic acids is 1. The third-order valence-corrected chi connectivity index (χ3v) is 2.54. The molecule has 2 rings (SSSR count). The van der Waals surface area contributed by atoms with E-state index >= 15 is 0 Å². The van der Waals surface area contributed by atoms with Gasteiger partial charge in [-0.1, -0.05) is 23.7 Å². The Labute approximate surface area is 110 Å². The molecule has 0 N–H and O–H groups in total. The van der Waals surface area contributed by atoms with Gasteiger partial charge >= 0.3 is 5.97 Å². The van der Waals surface area contributed by atoms with E-state index in [1.54, 1.807) is 19.1 Å². The molecule has 0 saturated carbocycles. The van der Waals surface area contributed by atoms with Crippen LogP contribution in [0.25, 0.3) is 11.3 Å². The Balaban J connectivity index is 2.10. The molecule has 18 heavy (non-hydrogen) atoms. The molecule has 1 aromatic carbocycles. The number of carbonyl (C=O) groups is 1. The monoisotopic (exact) mass is 265 g/mol. The largest absolute Gasteiger partial charge is 0.466 e. The van der Waals surface area contributed by atoms with Crippen molar-refractivity contribution in [1.29, 1.82) is 0 Å². The van der Waals surface area contributed by atoms with Crippen molar-refractivity contribution in [2.75, 3.05) is 6.61 Å². The number of hydrogen-bond donors (Lipinski definition) is 0. The molecule has 2 aromatic rings. The quantitative estimate of drug-likeness (QED) is 0.797. The lowest BCUT2D eigenvalue weighted by molar-refractivity contribution is -0.142. The molecule has 0 bridgehead atoms. The van der Waals surface area contributed by atoms with Crippen LogP contribution >= 0.6 is 11.6 Å². The van der Waals surface area contributed by atoms with E-state index in [-0.39, 0.29) is 12.4 Å². The Morgan fingerprint density at radius 1 is 1.39 bits per heavy atom. The highest BCUT2D eigenvalue weighted by molar-refractivity contribution is 6.30. The van der Waals surface area contributed by atoms with Crippen LogP contribution in [0.4, 0.5) is 0 Å². The third kappa shape index (κ3) is 3.11. The Hall–Kier alpha value is -1.81. The van der Waals surface area contributed by atoms with Crippen LogP contribution in [-0.2, 0) is 16.0 Å². The predicted molar refractivity (Wildman–Crippen MR) is 67.3 cm³/mol. The van der Waals surface area contributed by atoms with Gasteiger partial charge in [0.05, 0.1) is 6.61 Å². The van der Waals surface area contributed by atoms with Crippen LogP contribution in [-0.4, -0.2) is 17.6 Å². The van der Waals surface area contributed by atoms with Gasteiger partial charge in [-0.2, -0.15) is 0 Å². The number of oxazole rings is 1. The van der Waals surface area contributed by atoms with Gasteiger partial charge in [-0.3, -0.25) is 4.79 Å². The Morgan fingerprint density at radius 3 is 2.78 bits per heavy atom. The molecule has 1 heterocycles. The maximum Gasteiger partial charge on any atom is 0.315 e. The van der Waals surface area contributed by atoms with E-state index in [9.17, 15) is 4.79 Å². The van der Waals surface area contributed by atoms with Crippen molar-refractivity contribution in [1.82, 2.24) is 4.98 Å². The van der Waals surface area contributed by atoms with E-state index < -0.39 is 0 Å². The molecule has 0 spiro atoms. The maximum atomic E-state index is 11.3. The van der Waals surface area contributed by atoms with Crippen LogP contribution in [0.1, 0.15) is 12.8 Å². The third-order valence-electron chi connectivity index (χ3n) is 2.29. The van der Waals surface area contributed by atoms with Crippen molar-refractivity contribution in [3.8, 4) is 11.3 Å². The highest BCUT2D eigenvalue weighted by atomic mass is 35.5. The fourth-order valence-electron chi connectivity index (χ4n) is 1.48. The molecule has 94 valence electrons. The Kier molecular flexibility index (Phi) is 3.99. The van der Waals surface area contributed by atoms with Gasteiger partial charge in [-0.25, -0.2) is 4.98 Å². The van der Waals surface area contributed by atoms with Crippen molar-refractivity contribution >= 4 is 17.6 Å². The number of ether oxygens (including phenoxy) is 1. The number of benzene rings is 1. The summed E-state index contributed by atoms with van der Waals surface area (Å²) in [4.78, 5) is 15.5. The van der Waals surface area contributed by atoms with Gasteiger partial charge in [0, 0.05) is 10.6 Å². The maximum absolute atomic E-state index is 11.3. The van der Waals surface area contributed by atoms with Gasteiger partial charge in [-0.05, 0) is 19.1 Å². The van der Waals surface area contributed by atoms with Crippen molar-refractivity contribution in [2.45, 2.75) is 13.3 Å². The van der Waals surface area contributed by atoms with Crippen LogP contribution in [0.2, 0.25) is 5.02 Å². The average Bonchev–Trinajstić information content (AvgIpc) is 2.78. The van der Waals surface area contributed by atoms with Gasteiger partial charge < -0.3 is 9.15 Å². The summed E-state index contributed by atoms with van der Waals surface area (Å²) in [7, 11) is 0. The molecule has 0 radical (unpaired) electrons. The Bertz CT molecular complexity index is 533. The second kappa shape index (κ2) is 5.69.